The fourth-order valence-electron chi connectivity index (χ4n) is 3.26. The molecule has 0 aromatic heterocycles. The summed E-state index contributed by atoms with van der Waals surface area (Å²) in [5.41, 5.74) is 3.90. The van der Waals surface area contributed by atoms with E-state index in [1.54, 1.807) is 0 Å². The minimum Gasteiger partial charge on any atom is -0.370 e. The van der Waals surface area contributed by atoms with Crippen LogP contribution in [0, 0.1) is 0 Å². The van der Waals surface area contributed by atoms with Crippen molar-refractivity contribution in [3.63, 3.8) is 0 Å². The molecule has 1 amide bonds. The van der Waals surface area contributed by atoms with Crippen LogP contribution in [0.5, 0.6) is 0 Å². The second kappa shape index (κ2) is 8.09. The van der Waals surface area contributed by atoms with Gasteiger partial charge in [-0.3, -0.25) is 10.1 Å². The van der Waals surface area contributed by atoms with E-state index in [-0.39, 0.29) is 11.3 Å². The first-order chi connectivity index (χ1) is 12.8. The maximum Gasteiger partial charge on any atom is 0.257 e. The van der Waals surface area contributed by atoms with Crippen LogP contribution in [0.4, 0.5) is 11.4 Å². The van der Waals surface area contributed by atoms with Gasteiger partial charge in [-0.1, -0.05) is 45.0 Å². The molecule has 0 bridgehead atoms. The Labute approximate surface area is 167 Å². The van der Waals surface area contributed by atoms with Gasteiger partial charge in [-0.05, 0) is 60.3 Å². The van der Waals surface area contributed by atoms with Crippen LogP contribution >= 0.6 is 12.2 Å². The summed E-state index contributed by atoms with van der Waals surface area (Å²) in [5.74, 6) is -0.202. The molecule has 0 saturated carbocycles. The lowest BCUT2D eigenvalue weighted by molar-refractivity contribution is 0.0977. The lowest BCUT2D eigenvalue weighted by atomic mass is 9.87. The van der Waals surface area contributed by atoms with Crippen molar-refractivity contribution in [2.75, 3.05) is 23.3 Å². The molecule has 1 aliphatic rings. The van der Waals surface area contributed by atoms with Crippen molar-refractivity contribution < 1.29 is 4.79 Å². The van der Waals surface area contributed by atoms with Gasteiger partial charge in [0, 0.05) is 18.7 Å². The van der Waals surface area contributed by atoms with Gasteiger partial charge in [0.05, 0.1) is 11.4 Å². The van der Waals surface area contributed by atoms with Crippen molar-refractivity contribution in [3.05, 3.63) is 59.7 Å². The molecule has 0 radical (unpaired) electrons. The quantitative estimate of drug-likeness (QED) is 0.756. The lowest BCUT2D eigenvalue weighted by Gasteiger charge is -2.22. The molecule has 0 spiro atoms. The number of nitrogens with one attached hydrogen (secondary N) is 2. The van der Waals surface area contributed by atoms with Crippen molar-refractivity contribution in [2.45, 2.75) is 39.0 Å². The molecule has 1 saturated heterocycles. The van der Waals surface area contributed by atoms with E-state index in [1.807, 2.05) is 42.5 Å². The first-order valence-corrected chi connectivity index (χ1v) is 9.82. The predicted octanol–water partition coefficient (Wildman–Crippen LogP) is 4.71. The maximum absolute atomic E-state index is 12.5. The Balaban J connectivity index is 1.65. The summed E-state index contributed by atoms with van der Waals surface area (Å²) in [4.78, 5) is 14.8. The number of hydrogen-bond acceptors (Lipinski definition) is 3. The highest BCUT2D eigenvalue weighted by molar-refractivity contribution is 7.80. The third-order valence-electron chi connectivity index (χ3n) is 4.84. The van der Waals surface area contributed by atoms with Gasteiger partial charge in [0.25, 0.3) is 5.91 Å². The minimum absolute atomic E-state index is 0.0607. The molecule has 1 aliphatic heterocycles. The summed E-state index contributed by atoms with van der Waals surface area (Å²) < 4.78 is 0. The molecule has 3 rings (SSSR count). The van der Waals surface area contributed by atoms with Gasteiger partial charge >= 0.3 is 0 Å². The highest BCUT2D eigenvalue weighted by atomic mass is 32.1. The molecule has 0 aliphatic carbocycles. The van der Waals surface area contributed by atoms with Crippen LogP contribution in [0.2, 0.25) is 0 Å². The SMILES string of the molecule is CC(C)(C)c1ccc(C(=O)NC(=S)Nc2ccccc2N2CCCC2)cc1. The number of para-hydroxylation sites is 2. The number of nitrogens with zero attached hydrogens (tertiary/aromatic N) is 1. The van der Waals surface area contributed by atoms with Gasteiger partial charge in [0.15, 0.2) is 5.11 Å². The highest BCUT2D eigenvalue weighted by Gasteiger charge is 2.17. The van der Waals surface area contributed by atoms with Crippen molar-refractivity contribution in [1.82, 2.24) is 5.32 Å². The topological polar surface area (TPSA) is 44.4 Å². The Hall–Kier alpha value is -2.40. The highest BCUT2D eigenvalue weighted by Crippen LogP contribution is 2.28. The first-order valence-electron chi connectivity index (χ1n) is 9.41. The predicted molar refractivity (Wildman–Crippen MR) is 117 cm³/mol. The van der Waals surface area contributed by atoms with Crippen LogP contribution in [0.3, 0.4) is 0 Å². The molecule has 0 unspecified atom stereocenters. The second-order valence-corrected chi connectivity index (χ2v) is 8.36. The van der Waals surface area contributed by atoms with E-state index in [2.05, 4.69) is 42.4 Å². The van der Waals surface area contributed by atoms with Crippen LogP contribution < -0.4 is 15.5 Å². The van der Waals surface area contributed by atoms with Crippen molar-refractivity contribution >= 4 is 34.6 Å². The molecule has 4 nitrogen and oxygen atoms in total. The number of carbonyl (C=O) groups is 1. The van der Waals surface area contributed by atoms with Gasteiger partial charge in [-0.2, -0.15) is 0 Å². The molecular weight excluding hydrogens is 354 g/mol. The van der Waals surface area contributed by atoms with E-state index in [9.17, 15) is 4.79 Å². The third kappa shape index (κ3) is 4.86. The zero-order valence-electron chi connectivity index (χ0n) is 16.2. The van der Waals surface area contributed by atoms with Gasteiger partial charge in [0.2, 0.25) is 0 Å². The van der Waals surface area contributed by atoms with Crippen molar-refractivity contribution in [1.29, 1.82) is 0 Å². The van der Waals surface area contributed by atoms with E-state index in [0.29, 0.717) is 10.7 Å². The van der Waals surface area contributed by atoms with Crippen LogP contribution in [-0.2, 0) is 5.41 Å². The normalized spacial score (nSPS) is 14.1. The molecule has 2 aromatic rings. The van der Waals surface area contributed by atoms with E-state index in [0.717, 1.165) is 24.5 Å². The Morgan fingerprint density at radius 2 is 1.63 bits per heavy atom. The maximum atomic E-state index is 12.5. The van der Waals surface area contributed by atoms with E-state index < -0.39 is 0 Å². The van der Waals surface area contributed by atoms with Crippen LogP contribution in [-0.4, -0.2) is 24.1 Å². The van der Waals surface area contributed by atoms with Gasteiger partial charge in [-0.25, -0.2) is 0 Å². The zero-order chi connectivity index (χ0) is 19.4. The summed E-state index contributed by atoms with van der Waals surface area (Å²) in [5, 5.41) is 6.28. The van der Waals surface area contributed by atoms with E-state index in [1.165, 1.54) is 18.4 Å². The Morgan fingerprint density at radius 1 is 1.00 bits per heavy atom. The summed E-state index contributed by atoms with van der Waals surface area (Å²) in [6.45, 7) is 8.56. The number of amides is 1. The number of hydrogen-bond donors (Lipinski definition) is 2. The summed E-state index contributed by atoms with van der Waals surface area (Å²) in [6.07, 6.45) is 2.42. The monoisotopic (exact) mass is 381 g/mol. The Kier molecular flexibility index (Phi) is 5.80. The van der Waals surface area contributed by atoms with Crippen LogP contribution in [0.15, 0.2) is 48.5 Å². The van der Waals surface area contributed by atoms with Crippen molar-refractivity contribution in [2.24, 2.45) is 0 Å². The lowest BCUT2D eigenvalue weighted by Crippen LogP contribution is -2.34. The summed E-state index contributed by atoms with van der Waals surface area (Å²) in [7, 11) is 0. The van der Waals surface area contributed by atoms with E-state index in [4.69, 9.17) is 12.2 Å². The van der Waals surface area contributed by atoms with Gasteiger partial charge < -0.3 is 10.2 Å². The first kappa shape index (κ1) is 19.4. The number of benzene rings is 2. The summed E-state index contributed by atoms with van der Waals surface area (Å²) >= 11 is 5.37. The number of anilines is 2. The standard InChI is InChI=1S/C22H27N3OS/c1-22(2,3)17-12-10-16(11-13-17)20(26)24-21(27)23-18-8-4-5-9-19(18)25-14-6-7-15-25/h4-5,8-13H,6-7,14-15H2,1-3H3,(H2,23,24,26,27). The molecule has 5 heteroatoms. The molecule has 1 heterocycles. The molecule has 0 atom stereocenters. The molecule has 27 heavy (non-hydrogen) atoms. The molecule has 142 valence electrons. The number of carbonyl (C=O) groups excluding carboxylic acids is 1. The Bertz CT molecular complexity index is 818. The van der Waals surface area contributed by atoms with Gasteiger partial charge in [0.1, 0.15) is 0 Å². The molecule has 2 N–H and O–H groups in total. The van der Waals surface area contributed by atoms with Crippen LogP contribution in [0.25, 0.3) is 0 Å². The summed E-state index contributed by atoms with van der Waals surface area (Å²) in [6, 6.07) is 15.7. The molecular formula is C22H27N3OS. The van der Waals surface area contributed by atoms with E-state index >= 15 is 0 Å². The second-order valence-electron chi connectivity index (χ2n) is 7.95. The molecule has 1 fully saturated rings. The number of rotatable bonds is 3. The minimum atomic E-state index is -0.202. The molecule has 2 aromatic carbocycles. The fraction of sp³-hybridized carbons (Fsp3) is 0.364. The zero-order valence-corrected chi connectivity index (χ0v) is 17.0. The van der Waals surface area contributed by atoms with Crippen LogP contribution in [0.1, 0.15) is 49.5 Å². The Morgan fingerprint density at radius 3 is 2.26 bits per heavy atom. The smallest absolute Gasteiger partial charge is 0.257 e. The average molecular weight is 382 g/mol. The average Bonchev–Trinajstić information content (AvgIpc) is 3.16. The largest absolute Gasteiger partial charge is 0.370 e. The fourth-order valence-corrected chi connectivity index (χ4v) is 3.47. The number of thiocarbonyl (C=S) groups is 1. The van der Waals surface area contributed by atoms with Gasteiger partial charge in [-0.15, -0.1) is 0 Å². The third-order valence-corrected chi connectivity index (χ3v) is 5.04. The van der Waals surface area contributed by atoms with Crippen molar-refractivity contribution in [3.8, 4) is 0 Å².